The summed E-state index contributed by atoms with van der Waals surface area (Å²) < 4.78 is 17.9. The number of aromatic nitrogens is 4. The fourth-order valence-electron chi connectivity index (χ4n) is 2.90. The van der Waals surface area contributed by atoms with Crippen molar-refractivity contribution in [2.45, 2.75) is 0 Å². The minimum atomic E-state index is 0.414. The molecule has 0 bridgehead atoms. The number of hydrogen-bond acceptors (Lipinski definition) is 6. The van der Waals surface area contributed by atoms with Gasteiger partial charge in [0.2, 0.25) is 5.82 Å². The van der Waals surface area contributed by atoms with Gasteiger partial charge in [-0.25, -0.2) is 0 Å². The first-order valence-electron chi connectivity index (χ1n) is 8.34. The van der Waals surface area contributed by atoms with Gasteiger partial charge in [-0.05, 0) is 30.3 Å². The lowest BCUT2D eigenvalue weighted by atomic mass is 10.1. The van der Waals surface area contributed by atoms with Crippen molar-refractivity contribution in [1.29, 1.82) is 0 Å². The SMILES string of the molecule is COc1ccc(-c2nc(-c3cccc(-c4ccnn4C)c3)no2)cc1OC. The van der Waals surface area contributed by atoms with Gasteiger partial charge in [0.25, 0.3) is 5.89 Å². The van der Waals surface area contributed by atoms with Gasteiger partial charge in [-0.15, -0.1) is 0 Å². The number of ether oxygens (including phenoxy) is 2. The molecule has 0 atom stereocenters. The third kappa shape index (κ3) is 3.15. The molecule has 0 amide bonds. The highest BCUT2D eigenvalue weighted by Gasteiger charge is 2.14. The standard InChI is InChI=1S/C20H18N4O3/c1-24-16(9-10-21-24)13-5-4-6-14(11-13)19-22-20(27-23-19)15-7-8-17(25-2)18(12-15)26-3/h4-12H,1-3H3. The molecule has 0 aliphatic rings. The molecule has 2 heterocycles. The Bertz CT molecular complexity index is 1080. The number of methoxy groups -OCH3 is 2. The number of benzene rings is 2. The Labute approximate surface area is 156 Å². The van der Waals surface area contributed by atoms with Gasteiger partial charge in [0, 0.05) is 29.9 Å². The van der Waals surface area contributed by atoms with E-state index in [0.717, 1.165) is 22.4 Å². The second kappa shape index (κ2) is 6.95. The van der Waals surface area contributed by atoms with Gasteiger partial charge in [0.05, 0.1) is 19.9 Å². The number of aryl methyl sites for hydroxylation is 1. The van der Waals surface area contributed by atoms with Crippen LogP contribution in [0.1, 0.15) is 0 Å². The summed E-state index contributed by atoms with van der Waals surface area (Å²) in [5.74, 6) is 2.18. The van der Waals surface area contributed by atoms with Crippen molar-refractivity contribution in [2.24, 2.45) is 7.05 Å². The summed E-state index contributed by atoms with van der Waals surface area (Å²) in [5.41, 5.74) is 3.67. The molecule has 27 heavy (non-hydrogen) atoms. The Morgan fingerprint density at radius 2 is 1.70 bits per heavy atom. The summed E-state index contributed by atoms with van der Waals surface area (Å²) in [6.07, 6.45) is 1.77. The lowest BCUT2D eigenvalue weighted by Gasteiger charge is -2.07. The van der Waals surface area contributed by atoms with Crippen molar-refractivity contribution in [3.8, 4) is 45.6 Å². The largest absolute Gasteiger partial charge is 0.493 e. The minimum absolute atomic E-state index is 0.414. The maximum absolute atomic E-state index is 5.46. The quantitative estimate of drug-likeness (QED) is 0.537. The maximum Gasteiger partial charge on any atom is 0.258 e. The van der Waals surface area contributed by atoms with Crippen LogP contribution in [0.2, 0.25) is 0 Å². The van der Waals surface area contributed by atoms with Gasteiger partial charge in [-0.2, -0.15) is 10.1 Å². The molecule has 0 unspecified atom stereocenters. The van der Waals surface area contributed by atoms with E-state index in [2.05, 4.69) is 15.2 Å². The predicted molar refractivity (Wildman–Crippen MR) is 100 cm³/mol. The van der Waals surface area contributed by atoms with Crippen molar-refractivity contribution in [2.75, 3.05) is 14.2 Å². The summed E-state index contributed by atoms with van der Waals surface area (Å²) >= 11 is 0. The molecule has 0 saturated heterocycles. The maximum atomic E-state index is 5.46. The van der Waals surface area contributed by atoms with Crippen LogP contribution in [0.4, 0.5) is 0 Å². The molecular formula is C20H18N4O3. The first-order chi connectivity index (χ1) is 13.2. The third-order valence-electron chi connectivity index (χ3n) is 4.29. The summed E-state index contributed by atoms with van der Waals surface area (Å²) in [6.45, 7) is 0. The molecule has 4 rings (SSSR count). The Morgan fingerprint density at radius 3 is 2.44 bits per heavy atom. The lowest BCUT2D eigenvalue weighted by Crippen LogP contribution is -1.93. The van der Waals surface area contributed by atoms with Gasteiger partial charge < -0.3 is 14.0 Å². The molecule has 0 spiro atoms. The van der Waals surface area contributed by atoms with Crippen molar-refractivity contribution in [3.05, 3.63) is 54.7 Å². The zero-order chi connectivity index (χ0) is 18.8. The smallest absolute Gasteiger partial charge is 0.258 e. The molecule has 0 fully saturated rings. The second-order valence-corrected chi connectivity index (χ2v) is 5.91. The molecular weight excluding hydrogens is 344 g/mol. The summed E-state index contributed by atoms with van der Waals surface area (Å²) in [7, 11) is 5.09. The topological polar surface area (TPSA) is 75.2 Å². The predicted octanol–water partition coefficient (Wildman–Crippen LogP) is 3.82. The molecule has 0 aliphatic heterocycles. The monoisotopic (exact) mass is 362 g/mol. The van der Waals surface area contributed by atoms with E-state index in [-0.39, 0.29) is 0 Å². The van der Waals surface area contributed by atoms with Gasteiger partial charge >= 0.3 is 0 Å². The molecule has 4 aromatic rings. The van der Waals surface area contributed by atoms with Crippen LogP contribution in [0.25, 0.3) is 34.1 Å². The van der Waals surface area contributed by atoms with Crippen LogP contribution in [0, 0.1) is 0 Å². The van der Waals surface area contributed by atoms with Gasteiger partial charge in [-0.1, -0.05) is 23.4 Å². The Morgan fingerprint density at radius 1 is 0.889 bits per heavy atom. The van der Waals surface area contributed by atoms with E-state index in [9.17, 15) is 0 Å². The van der Waals surface area contributed by atoms with Crippen molar-refractivity contribution in [3.63, 3.8) is 0 Å². The van der Waals surface area contributed by atoms with Gasteiger partial charge in [-0.3, -0.25) is 4.68 Å². The molecule has 7 nitrogen and oxygen atoms in total. The van der Waals surface area contributed by atoms with E-state index in [0.29, 0.717) is 23.2 Å². The molecule has 2 aromatic carbocycles. The van der Waals surface area contributed by atoms with Crippen molar-refractivity contribution >= 4 is 0 Å². The highest BCUT2D eigenvalue weighted by atomic mass is 16.5. The zero-order valence-electron chi connectivity index (χ0n) is 15.2. The number of hydrogen-bond donors (Lipinski definition) is 0. The van der Waals surface area contributed by atoms with Crippen LogP contribution in [0.5, 0.6) is 11.5 Å². The molecule has 136 valence electrons. The molecule has 0 radical (unpaired) electrons. The molecule has 0 N–H and O–H groups in total. The Kier molecular flexibility index (Phi) is 4.33. The average Bonchev–Trinajstić information content (AvgIpc) is 3.37. The highest BCUT2D eigenvalue weighted by Crippen LogP contribution is 2.32. The second-order valence-electron chi connectivity index (χ2n) is 5.91. The van der Waals surface area contributed by atoms with Crippen LogP contribution in [-0.4, -0.2) is 34.1 Å². The number of nitrogens with zero attached hydrogens (tertiary/aromatic N) is 4. The van der Waals surface area contributed by atoms with Crippen LogP contribution in [0.3, 0.4) is 0 Å². The van der Waals surface area contributed by atoms with E-state index in [1.165, 1.54) is 0 Å². The fraction of sp³-hybridized carbons (Fsp3) is 0.150. The molecule has 0 aliphatic carbocycles. The van der Waals surface area contributed by atoms with E-state index in [4.69, 9.17) is 14.0 Å². The van der Waals surface area contributed by atoms with E-state index < -0.39 is 0 Å². The summed E-state index contributed by atoms with van der Waals surface area (Å²) in [4.78, 5) is 4.53. The molecule has 7 heteroatoms. The zero-order valence-corrected chi connectivity index (χ0v) is 15.2. The summed E-state index contributed by atoms with van der Waals surface area (Å²) in [6, 6.07) is 15.4. The normalized spacial score (nSPS) is 10.8. The van der Waals surface area contributed by atoms with E-state index in [1.807, 2.05) is 54.2 Å². The average molecular weight is 362 g/mol. The Hall–Kier alpha value is -3.61. The first-order valence-corrected chi connectivity index (χ1v) is 8.34. The van der Waals surface area contributed by atoms with Crippen molar-refractivity contribution < 1.29 is 14.0 Å². The molecule has 2 aromatic heterocycles. The van der Waals surface area contributed by atoms with E-state index in [1.54, 1.807) is 26.5 Å². The fourth-order valence-corrected chi connectivity index (χ4v) is 2.90. The third-order valence-corrected chi connectivity index (χ3v) is 4.29. The van der Waals surface area contributed by atoms with Crippen LogP contribution >= 0.6 is 0 Å². The lowest BCUT2D eigenvalue weighted by molar-refractivity contribution is 0.355. The van der Waals surface area contributed by atoms with Gasteiger partial charge in [0.15, 0.2) is 11.5 Å². The van der Waals surface area contributed by atoms with Crippen molar-refractivity contribution in [1.82, 2.24) is 19.9 Å². The van der Waals surface area contributed by atoms with Crippen LogP contribution in [0.15, 0.2) is 59.3 Å². The highest BCUT2D eigenvalue weighted by molar-refractivity contribution is 5.69. The minimum Gasteiger partial charge on any atom is -0.493 e. The summed E-state index contributed by atoms with van der Waals surface area (Å²) in [5, 5.41) is 8.34. The first kappa shape index (κ1) is 16.8. The molecule has 0 saturated carbocycles. The van der Waals surface area contributed by atoms with Gasteiger partial charge in [0.1, 0.15) is 0 Å². The number of rotatable bonds is 5. The van der Waals surface area contributed by atoms with Crippen LogP contribution in [-0.2, 0) is 7.05 Å². The Balaban J connectivity index is 1.68. The van der Waals surface area contributed by atoms with E-state index >= 15 is 0 Å². The van der Waals surface area contributed by atoms with Crippen LogP contribution < -0.4 is 9.47 Å².